The molecule has 0 spiro atoms. The molecule has 1 saturated heterocycles. The van der Waals surface area contributed by atoms with Crippen LogP contribution in [0.15, 0.2) is 75.0 Å². The minimum atomic E-state index is -0.180. The number of thioether (sulfide) groups is 1. The molecule has 1 aliphatic heterocycles. The molecule has 0 radical (unpaired) electrons. The van der Waals surface area contributed by atoms with Gasteiger partial charge in [-0.25, -0.2) is 4.99 Å². The summed E-state index contributed by atoms with van der Waals surface area (Å²) >= 11 is 4.90. The van der Waals surface area contributed by atoms with E-state index in [1.807, 2.05) is 67.6 Å². The first-order valence-electron chi connectivity index (χ1n) is 10.3. The Morgan fingerprint density at radius 3 is 2.58 bits per heavy atom. The number of carbonyl (C=O) groups is 1. The molecule has 1 fully saturated rings. The first-order chi connectivity index (χ1) is 15.9. The third kappa shape index (κ3) is 5.67. The zero-order valence-corrected chi connectivity index (χ0v) is 20.9. The molecule has 1 aliphatic rings. The summed E-state index contributed by atoms with van der Waals surface area (Å²) in [6.45, 7) is 4.51. The molecule has 0 aromatic heterocycles. The van der Waals surface area contributed by atoms with Crippen molar-refractivity contribution < 1.29 is 14.3 Å². The van der Waals surface area contributed by atoms with Gasteiger partial charge in [0.1, 0.15) is 6.61 Å². The number of halogens is 1. The lowest BCUT2D eigenvalue weighted by molar-refractivity contribution is -0.115. The first kappa shape index (κ1) is 23.1. The molecule has 0 saturated carbocycles. The number of carbonyl (C=O) groups excluding carboxylic acids is 1. The summed E-state index contributed by atoms with van der Waals surface area (Å²) in [5.74, 6) is 1.02. The van der Waals surface area contributed by atoms with Crippen molar-refractivity contribution >= 4 is 50.5 Å². The molecule has 0 atom stereocenters. The summed E-state index contributed by atoms with van der Waals surface area (Å²) in [5, 5.41) is 3.38. The molecule has 0 unspecified atom stereocenters. The highest BCUT2D eigenvalue weighted by molar-refractivity contribution is 9.10. The molecule has 1 N–H and O–H groups in total. The van der Waals surface area contributed by atoms with Crippen LogP contribution in [0.5, 0.6) is 11.5 Å². The second-order valence-corrected chi connectivity index (χ2v) is 9.45. The molecule has 4 rings (SSSR count). The summed E-state index contributed by atoms with van der Waals surface area (Å²) in [4.78, 5) is 17.6. The van der Waals surface area contributed by atoms with Crippen LogP contribution in [0.1, 0.15) is 22.3 Å². The average molecular weight is 523 g/mol. The fourth-order valence-electron chi connectivity index (χ4n) is 3.25. The van der Waals surface area contributed by atoms with Crippen molar-refractivity contribution in [1.29, 1.82) is 0 Å². The summed E-state index contributed by atoms with van der Waals surface area (Å²) in [7, 11) is 1.60. The predicted octanol–water partition coefficient (Wildman–Crippen LogP) is 6.55. The Labute approximate surface area is 206 Å². The number of benzene rings is 3. The van der Waals surface area contributed by atoms with Crippen molar-refractivity contribution in [3.63, 3.8) is 0 Å². The van der Waals surface area contributed by atoms with Crippen LogP contribution in [0.3, 0.4) is 0 Å². The van der Waals surface area contributed by atoms with Gasteiger partial charge in [-0.1, -0.05) is 42.0 Å². The van der Waals surface area contributed by atoms with Crippen LogP contribution in [0.4, 0.5) is 5.69 Å². The zero-order chi connectivity index (χ0) is 23.4. The van der Waals surface area contributed by atoms with Crippen LogP contribution in [0.2, 0.25) is 0 Å². The largest absolute Gasteiger partial charge is 0.493 e. The normalized spacial score (nSPS) is 15.7. The topological polar surface area (TPSA) is 59.9 Å². The Morgan fingerprint density at radius 1 is 1.09 bits per heavy atom. The molecule has 33 heavy (non-hydrogen) atoms. The molecule has 7 heteroatoms. The Morgan fingerprint density at radius 2 is 1.85 bits per heavy atom. The summed E-state index contributed by atoms with van der Waals surface area (Å²) < 4.78 is 12.4. The maximum absolute atomic E-state index is 12.5. The monoisotopic (exact) mass is 522 g/mol. The molecular weight excluding hydrogens is 500 g/mol. The molecule has 3 aromatic carbocycles. The van der Waals surface area contributed by atoms with Crippen molar-refractivity contribution in [2.45, 2.75) is 20.5 Å². The number of nitrogens with one attached hydrogen (secondary N) is 1. The van der Waals surface area contributed by atoms with Crippen LogP contribution in [-0.4, -0.2) is 18.2 Å². The van der Waals surface area contributed by atoms with Gasteiger partial charge in [-0.05, 0) is 88.6 Å². The number of nitrogens with zero attached hydrogens (tertiary/aromatic N) is 1. The van der Waals surface area contributed by atoms with E-state index in [-0.39, 0.29) is 5.91 Å². The Kier molecular flexibility index (Phi) is 7.20. The van der Waals surface area contributed by atoms with E-state index in [0.717, 1.165) is 26.9 Å². The smallest absolute Gasteiger partial charge is 0.264 e. The molecular formula is C26H23BrN2O3S. The molecule has 168 valence electrons. The van der Waals surface area contributed by atoms with Crippen LogP contribution < -0.4 is 14.8 Å². The van der Waals surface area contributed by atoms with Gasteiger partial charge in [0, 0.05) is 0 Å². The van der Waals surface area contributed by atoms with Gasteiger partial charge in [-0.3, -0.25) is 4.79 Å². The quantitative estimate of drug-likeness (QED) is 0.373. The van der Waals surface area contributed by atoms with Gasteiger partial charge in [0.2, 0.25) is 0 Å². The standard InChI is InChI=1S/C26H23BrN2O3S/c1-16-8-10-20(11-9-16)28-26-29-25(30)23(33-26)14-18-12-21(27)24(22(13-18)31-3)32-15-19-7-5-4-6-17(19)2/h4-14H,15H2,1-3H3,(H,28,29,30)/b23-14-. The molecule has 1 amide bonds. The minimum Gasteiger partial charge on any atom is -0.493 e. The third-order valence-electron chi connectivity index (χ3n) is 5.10. The number of hydrogen-bond donors (Lipinski definition) is 1. The highest BCUT2D eigenvalue weighted by atomic mass is 79.9. The van der Waals surface area contributed by atoms with E-state index in [4.69, 9.17) is 9.47 Å². The van der Waals surface area contributed by atoms with E-state index < -0.39 is 0 Å². The van der Waals surface area contributed by atoms with Crippen LogP contribution in [0, 0.1) is 13.8 Å². The summed E-state index contributed by atoms with van der Waals surface area (Å²) in [6, 6.07) is 19.7. The van der Waals surface area contributed by atoms with E-state index >= 15 is 0 Å². The van der Waals surface area contributed by atoms with Crippen molar-refractivity contribution in [2.75, 3.05) is 7.11 Å². The van der Waals surface area contributed by atoms with Crippen LogP contribution in [-0.2, 0) is 11.4 Å². The fourth-order valence-corrected chi connectivity index (χ4v) is 4.67. The molecule has 5 nitrogen and oxygen atoms in total. The van der Waals surface area contributed by atoms with Gasteiger partial charge in [0.05, 0.1) is 22.2 Å². The van der Waals surface area contributed by atoms with Gasteiger partial charge in [-0.2, -0.15) is 0 Å². The average Bonchev–Trinajstić information content (AvgIpc) is 3.13. The SMILES string of the molecule is COc1cc(/C=C2\SC(=Nc3ccc(C)cc3)NC2=O)cc(Br)c1OCc1ccccc1C. The number of rotatable bonds is 6. The Bertz CT molecular complexity index is 1250. The lowest BCUT2D eigenvalue weighted by Gasteiger charge is -2.14. The Hall–Kier alpha value is -3.03. The third-order valence-corrected chi connectivity index (χ3v) is 6.60. The van der Waals surface area contributed by atoms with Crippen LogP contribution >= 0.6 is 27.7 Å². The number of aryl methyl sites for hydroxylation is 2. The van der Waals surface area contributed by atoms with E-state index in [9.17, 15) is 4.79 Å². The number of ether oxygens (including phenoxy) is 2. The minimum absolute atomic E-state index is 0.180. The molecule has 1 heterocycles. The van der Waals surface area contributed by atoms with E-state index in [0.29, 0.717) is 28.2 Å². The van der Waals surface area contributed by atoms with Gasteiger partial charge >= 0.3 is 0 Å². The van der Waals surface area contributed by atoms with Crippen molar-refractivity contribution in [3.05, 3.63) is 92.3 Å². The van der Waals surface area contributed by atoms with Crippen molar-refractivity contribution in [3.8, 4) is 11.5 Å². The van der Waals surface area contributed by atoms with Gasteiger partial charge in [-0.15, -0.1) is 0 Å². The maximum atomic E-state index is 12.5. The molecule has 0 aliphatic carbocycles. The first-order valence-corrected chi connectivity index (χ1v) is 11.9. The second-order valence-electron chi connectivity index (χ2n) is 7.57. The summed E-state index contributed by atoms with van der Waals surface area (Å²) in [5.41, 5.74) is 5.05. The molecule has 0 bridgehead atoms. The lowest BCUT2D eigenvalue weighted by atomic mass is 10.1. The predicted molar refractivity (Wildman–Crippen MR) is 138 cm³/mol. The van der Waals surface area contributed by atoms with Gasteiger partial charge in [0.25, 0.3) is 5.91 Å². The van der Waals surface area contributed by atoms with Crippen molar-refractivity contribution in [1.82, 2.24) is 5.32 Å². The van der Waals surface area contributed by atoms with Crippen LogP contribution in [0.25, 0.3) is 6.08 Å². The second kappa shape index (κ2) is 10.3. The highest BCUT2D eigenvalue weighted by Crippen LogP contribution is 2.39. The van der Waals surface area contributed by atoms with E-state index in [1.165, 1.54) is 17.3 Å². The number of aliphatic imine (C=N–C) groups is 1. The van der Waals surface area contributed by atoms with Crippen molar-refractivity contribution in [2.24, 2.45) is 4.99 Å². The number of amides is 1. The lowest BCUT2D eigenvalue weighted by Crippen LogP contribution is -2.19. The van der Waals surface area contributed by atoms with E-state index in [1.54, 1.807) is 7.11 Å². The molecule has 3 aromatic rings. The summed E-state index contributed by atoms with van der Waals surface area (Å²) in [6.07, 6.45) is 1.82. The highest BCUT2D eigenvalue weighted by Gasteiger charge is 2.24. The number of methoxy groups -OCH3 is 1. The zero-order valence-electron chi connectivity index (χ0n) is 18.5. The number of amidine groups is 1. The van der Waals surface area contributed by atoms with E-state index in [2.05, 4.69) is 39.2 Å². The van der Waals surface area contributed by atoms with Gasteiger partial charge in [0.15, 0.2) is 16.7 Å². The number of hydrogen-bond acceptors (Lipinski definition) is 5. The maximum Gasteiger partial charge on any atom is 0.264 e. The Balaban J connectivity index is 1.54. The fraction of sp³-hybridized carbons (Fsp3) is 0.154. The van der Waals surface area contributed by atoms with Gasteiger partial charge < -0.3 is 14.8 Å².